The summed E-state index contributed by atoms with van der Waals surface area (Å²) in [5, 5.41) is 0. The molecule has 1 aliphatic carbocycles. The van der Waals surface area contributed by atoms with E-state index in [1.54, 1.807) is 0 Å². The predicted octanol–water partition coefficient (Wildman–Crippen LogP) is 3.98. The summed E-state index contributed by atoms with van der Waals surface area (Å²) in [6, 6.07) is 8.23. The first-order valence-corrected chi connectivity index (χ1v) is 7.55. The second-order valence-corrected chi connectivity index (χ2v) is 6.33. The highest BCUT2D eigenvalue weighted by Gasteiger charge is 2.32. The van der Waals surface area contributed by atoms with Gasteiger partial charge < -0.3 is 10.5 Å². The lowest BCUT2D eigenvalue weighted by Crippen LogP contribution is -2.36. The van der Waals surface area contributed by atoms with Crippen molar-refractivity contribution in [1.29, 1.82) is 0 Å². The van der Waals surface area contributed by atoms with Crippen LogP contribution in [0.2, 0.25) is 0 Å². The minimum Gasteiger partial charge on any atom is -0.490 e. The van der Waals surface area contributed by atoms with E-state index in [0.717, 1.165) is 17.2 Å². The van der Waals surface area contributed by atoms with E-state index in [4.69, 9.17) is 10.5 Å². The van der Waals surface area contributed by atoms with Crippen molar-refractivity contribution in [2.75, 3.05) is 0 Å². The predicted molar refractivity (Wildman–Crippen MR) is 80.1 cm³/mol. The monoisotopic (exact) mass is 261 g/mol. The zero-order valence-electron chi connectivity index (χ0n) is 12.4. The normalized spacial score (nSPS) is 27.5. The molecule has 2 rings (SSSR count). The fourth-order valence-electron chi connectivity index (χ4n) is 3.13. The molecule has 19 heavy (non-hydrogen) atoms. The van der Waals surface area contributed by atoms with Crippen LogP contribution in [0.4, 0.5) is 0 Å². The Bertz CT molecular complexity index is 385. The molecule has 2 heteroatoms. The van der Waals surface area contributed by atoms with Gasteiger partial charge in [0, 0.05) is 6.54 Å². The van der Waals surface area contributed by atoms with Gasteiger partial charge in [-0.05, 0) is 48.3 Å². The van der Waals surface area contributed by atoms with Crippen LogP contribution in [-0.4, -0.2) is 6.10 Å². The van der Waals surface area contributed by atoms with Gasteiger partial charge in [0.15, 0.2) is 0 Å². The van der Waals surface area contributed by atoms with Crippen LogP contribution in [0.1, 0.15) is 45.6 Å². The van der Waals surface area contributed by atoms with E-state index in [2.05, 4.69) is 45.0 Å². The van der Waals surface area contributed by atoms with E-state index in [-0.39, 0.29) is 0 Å². The molecule has 106 valence electrons. The molecule has 0 spiro atoms. The molecule has 0 bridgehead atoms. The average Bonchev–Trinajstić information content (AvgIpc) is 2.39. The van der Waals surface area contributed by atoms with Crippen LogP contribution in [0.15, 0.2) is 24.3 Å². The third kappa shape index (κ3) is 3.73. The van der Waals surface area contributed by atoms with Crippen LogP contribution >= 0.6 is 0 Å². The first kappa shape index (κ1) is 14.4. The number of benzene rings is 1. The molecule has 1 aromatic carbocycles. The molecule has 1 aromatic rings. The number of rotatable bonds is 4. The number of hydrogen-bond donors (Lipinski definition) is 1. The molecule has 2 nitrogen and oxygen atoms in total. The van der Waals surface area contributed by atoms with Gasteiger partial charge in [0.05, 0.1) is 0 Å². The minimum absolute atomic E-state index is 0.368. The highest BCUT2D eigenvalue weighted by Crippen LogP contribution is 2.35. The molecule has 1 aliphatic rings. The van der Waals surface area contributed by atoms with E-state index in [1.807, 2.05) is 0 Å². The molecule has 0 aliphatic heterocycles. The van der Waals surface area contributed by atoms with Crippen LogP contribution in [0.3, 0.4) is 0 Å². The molecule has 1 saturated carbocycles. The molecule has 0 aromatic heterocycles. The fourth-order valence-corrected chi connectivity index (χ4v) is 3.13. The second-order valence-electron chi connectivity index (χ2n) is 6.33. The highest BCUT2D eigenvalue weighted by atomic mass is 16.5. The molecule has 0 heterocycles. The maximum Gasteiger partial charge on any atom is 0.119 e. The van der Waals surface area contributed by atoms with Gasteiger partial charge in [0.2, 0.25) is 0 Å². The molecular weight excluding hydrogens is 234 g/mol. The molecule has 0 amide bonds. The van der Waals surface area contributed by atoms with E-state index in [9.17, 15) is 0 Å². The number of hydrogen-bond acceptors (Lipinski definition) is 2. The standard InChI is InChI=1S/C17H27NO/c1-12(2)16-9-4-13(3)10-17(16)19-15-7-5-14(11-18)6-8-15/h5-8,12-13,16-17H,4,9-11,18H2,1-3H3/t13-,16+,17-/m0/s1. The summed E-state index contributed by atoms with van der Waals surface area (Å²) in [6.07, 6.45) is 4.19. The maximum atomic E-state index is 6.26. The lowest BCUT2D eigenvalue weighted by Gasteiger charge is -2.37. The Balaban J connectivity index is 2.05. The van der Waals surface area contributed by atoms with Gasteiger partial charge in [-0.25, -0.2) is 0 Å². The first-order valence-electron chi connectivity index (χ1n) is 7.55. The molecule has 3 atom stereocenters. The summed E-state index contributed by atoms with van der Waals surface area (Å²) >= 11 is 0. The Morgan fingerprint density at radius 1 is 1.21 bits per heavy atom. The lowest BCUT2D eigenvalue weighted by atomic mass is 9.75. The third-order valence-electron chi connectivity index (χ3n) is 4.41. The van der Waals surface area contributed by atoms with Gasteiger partial charge in [-0.1, -0.05) is 39.3 Å². The Morgan fingerprint density at radius 2 is 1.89 bits per heavy atom. The van der Waals surface area contributed by atoms with Crippen LogP contribution < -0.4 is 10.5 Å². The Hall–Kier alpha value is -1.02. The van der Waals surface area contributed by atoms with E-state index in [0.29, 0.717) is 24.5 Å². The van der Waals surface area contributed by atoms with E-state index >= 15 is 0 Å². The second kappa shape index (κ2) is 6.42. The van der Waals surface area contributed by atoms with Crippen LogP contribution in [0.5, 0.6) is 5.75 Å². The first-order chi connectivity index (χ1) is 9.10. The van der Waals surface area contributed by atoms with Gasteiger partial charge in [-0.3, -0.25) is 0 Å². The molecular formula is C17H27NO. The number of ether oxygens (including phenoxy) is 1. The molecule has 2 N–H and O–H groups in total. The van der Waals surface area contributed by atoms with Crippen molar-refractivity contribution in [1.82, 2.24) is 0 Å². The maximum absolute atomic E-state index is 6.26. The van der Waals surface area contributed by atoms with Gasteiger partial charge in [-0.2, -0.15) is 0 Å². The SMILES string of the molecule is CC(C)[C@H]1CC[C@H](C)C[C@@H]1Oc1ccc(CN)cc1. The zero-order chi connectivity index (χ0) is 13.8. The Morgan fingerprint density at radius 3 is 2.47 bits per heavy atom. The van der Waals surface area contributed by atoms with Crippen molar-refractivity contribution in [2.24, 2.45) is 23.5 Å². The summed E-state index contributed by atoms with van der Waals surface area (Å²) < 4.78 is 6.26. The largest absolute Gasteiger partial charge is 0.490 e. The average molecular weight is 261 g/mol. The van der Waals surface area contributed by atoms with E-state index in [1.165, 1.54) is 19.3 Å². The summed E-state index contributed by atoms with van der Waals surface area (Å²) in [4.78, 5) is 0. The topological polar surface area (TPSA) is 35.2 Å². The lowest BCUT2D eigenvalue weighted by molar-refractivity contribution is 0.0460. The molecule has 0 radical (unpaired) electrons. The van der Waals surface area contributed by atoms with Crippen molar-refractivity contribution in [3.63, 3.8) is 0 Å². The summed E-state index contributed by atoms with van der Waals surface area (Å²) in [6.45, 7) is 7.56. The van der Waals surface area contributed by atoms with Crippen LogP contribution in [-0.2, 0) is 6.54 Å². The zero-order valence-corrected chi connectivity index (χ0v) is 12.4. The fraction of sp³-hybridized carbons (Fsp3) is 0.647. The summed E-state index contributed by atoms with van der Waals surface area (Å²) in [7, 11) is 0. The van der Waals surface area contributed by atoms with E-state index < -0.39 is 0 Å². The van der Waals surface area contributed by atoms with Crippen LogP contribution in [0.25, 0.3) is 0 Å². The number of nitrogens with two attached hydrogens (primary N) is 1. The Labute approximate surface area is 117 Å². The molecule has 1 fully saturated rings. The summed E-state index contributed by atoms with van der Waals surface area (Å²) in [5.41, 5.74) is 6.78. The van der Waals surface area contributed by atoms with Crippen LogP contribution in [0, 0.1) is 17.8 Å². The van der Waals surface area contributed by atoms with Crippen molar-refractivity contribution in [2.45, 2.75) is 52.7 Å². The van der Waals surface area contributed by atoms with Gasteiger partial charge in [0.1, 0.15) is 11.9 Å². The molecule has 0 unspecified atom stereocenters. The quantitative estimate of drug-likeness (QED) is 0.889. The minimum atomic E-state index is 0.368. The highest BCUT2D eigenvalue weighted by molar-refractivity contribution is 5.27. The third-order valence-corrected chi connectivity index (χ3v) is 4.41. The van der Waals surface area contributed by atoms with Gasteiger partial charge in [-0.15, -0.1) is 0 Å². The smallest absolute Gasteiger partial charge is 0.119 e. The van der Waals surface area contributed by atoms with Crippen molar-refractivity contribution >= 4 is 0 Å². The van der Waals surface area contributed by atoms with Gasteiger partial charge >= 0.3 is 0 Å². The Kier molecular flexibility index (Phi) is 4.87. The van der Waals surface area contributed by atoms with Crippen molar-refractivity contribution in [3.8, 4) is 5.75 Å². The van der Waals surface area contributed by atoms with Gasteiger partial charge in [0.25, 0.3) is 0 Å². The summed E-state index contributed by atoms with van der Waals surface area (Å²) in [5.74, 6) is 3.15. The van der Waals surface area contributed by atoms with Crippen molar-refractivity contribution in [3.05, 3.63) is 29.8 Å². The van der Waals surface area contributed by atoms with Crippen molar-refractivity contribution < 1.29 is 4.74 Å². The molecule has 0 saturated heterocycles.